The first-order chi connectivity index (χ1) is 5.76. The third kappa shape index (κ3) is 6.69. The van der Waals surface area contributed by atoms with Crippen molar-refractivity contribution in [1.82, 2.24) is 0 Å². The molecule has 0 nitrogen and oxygen atoms in total. The Bertz CT molecular complexity index is 80.0. The van der Waals surface area contributed by atoms with Gasteiger partial charge >= 0.3 is 0 Å². The molecule has 0 N–H and O–H groups in total. The average molecular weight is 168 g/mol. The normalized spacial score (nSPS) is 26.0. The largest absolute Gasteiger partial charge is 0.0654 e. The van der Waals surface area contributed by atoms with E-state index in [0.717, 1.165) is 18.3 Å². The molecular weight excluding hydrogens is 144 g/mol. The highest BCUT2D eigenvalue weighted by molar-refractivity contribution is 4.86. The van der Waals surface area contributed by atoms with Crippen molar-refractivity contribution in [2.75, 3.05) is 0 Å². The van der Waals surface area contributed by atoms with Gasteiger partial charge in [-0.3, -0.25) is 0 Å². The fourth-order valence-corrected chi connectivity index (χ4v) is 1.24. The molecule has 0 amide bonds. The molecule has 72 valence electrons. The molecule has 0 aromatic heterocycles. The molecule has 1 aliphatic carbocycles. The third-order valence-electron chi connectivity index (χ3n) is 2.45. The summed E-state index contributed by atoms with van der Waals surface area (Å²) in [6.45, 7) is 12.1. The monoisotopic (exact) mass is 168 g/mol. The molecule has 1 fully saturated rings. The van der Waals surface area contributed by atoms with E-state index in [-0.39, 0.29) is 0 Å². The summed E-state index contributed by atoms with van der Waals surface area (Å²) in [4.78, 5) is 0. The van der Waals surface area contributed by atoms with Crippen LogP contribution in [0.5, 0.6) is 0 Å². The van der Waals surface area contributed by atoms with E-state index < -0.39 is 0 Å². The number of hydrogen-bond donors (Lipinski definition) is 0. The highest BCUT2D eigenvalue weighted by Gasteiger charge is 2.29. The lowest BCUT2D eigenvalue weighted by Gasteiger charge is -1.86. The van der Waals surface area contributed by atoms with Gasteiger partial charge in [-0.25, -0.2) is 0 Å². The molecule has 2 radical (unpaired) electrons. The van der Waals surface area contributed by atoms with Crippen molar-refractivity contribution in [1.29, 1.82) is 0 Å². The van der Waals surface area contributed by atoms with Gasteiger partial charge in [-0.2, -0.15) is 0 Å². The van der Waals surface area contributed by atoms with Gasteiger partial charge in [0.05, 0.1) is 0 Å². The maximum Gasteiger partial charge on any atom is -0.0383 e. The molecule has 12 heavy (non-hydrogen) atoms. The van der Waals surface area contributed by atoms with Crippen LogP contribution in [0.4, 0.5) is 0 Å². The number of hydrogen-bond acceptors (Lipinski definition) is 0. The molecule has 0 spiro atoms. The van der Waals surface area contributed by atoms with Gasteiger partial charge in [0, 0.05) is 0 Å². The minimum atomic E-state index is 0.815. The van der Waals surface area contributed by atoms with Gasteiger partial charge in [-0.15, -0.1) is 0 Å². The van der Waals surface area contributed by atoms with E-state index in [1.54, 1.807) is 0 Å². The molecule has 2 atom stereocenters. The zero-order valence-corrected chi connectivity index (χ0v) is 8.81. The summed E-state index contributed by atoms with van der Waals surface area (Å²) in [7, 11) is 0. The summed E-state index contributed by atoms with van der Waals surface area (Å²) in [5.74, 6) is 1.81. The smallest absolute Gasteiger partial charge is 0.0383 e. The summed E-state index contributed by atoms with van der Waals surface area (Å²) in [5.41, 5.74) is 0. The maximum absolute atomic E-state index is 3.90. The van der Waals surface area contributed by atoms with Gasteiger partial charge in [-0.05, 0) is 25.2 Å². The van der Waals surface area contributed by atoms with Crippen molar-refractivity contribution in [3.05, 3.63) is 13.8 Å². The summed E-state index contributed by atoms with van der Waals surface area (Å²) < 4.78 is 0. The van der Waals surface area contributed by atoms with E-state index in [0.29, 0.717) is 0 Å². The van der Waals surface area contributed by atoms with Crippen LogP contribution < -0.4 is 0 Å². The summed E-state index contributed by atoms with van der Waals surface area (Å²) >= 11 is 0. The second-order valence-electron chi connectivity index (χ2n) is 3.72. The molecule has 2 unspecified atom stereocenters. The summed E-state index contributed by atoms with van der Waals surface area (Å²) in [5, 5.41) is 0. The Morgan fingerprint density at radius 2 is 1.83 bits per heavy atom. The van der Waals surface area contributed by atoms with Crippen LogP contribution in [0.15, 0.2) is 0 Å². The Balaban J connectivity index is 0.000000202. The molecule has 0 aromatic rings. The highest BCUT2D eigenvalue weighted by Crippen LogP contribution is 2.39. The van der Waals surface area contributed by atoms with Gasteiger partial charge in [0.15, 0.2) is 0 Å². The molecular formula is C12H24. The first-order valence-corrected chi connectivity index (χ1v) is 5.38. The van der Waals surface area contributed by atoms with E-state index in [9.17, 15) is 0 Å². The Kier molecular flexibility index (Phi) is 7.64. The first-order valence-electron chi connectivity index (χ1n) is 5.38. The fraction of sp³-hybridized carbons (Fsp3) is 0.833. The van der Waals surface area contributed by atoms with Gasteiger partial charge in [0.1, 0.15) is 0 Å². The number of unbranched alkanes of at least 4 members (excludes halogenated alkanes) is 3. The molecule has 0 bridgehead atoms. The van der Waals surface area contributed by atoms with Gasteiger partial charge in [-0.1, -0.05) is 52.9 Å². The predicted octanol–water partition coefficient (Wildman–Crippen LogP) is 4.27. The van der Waals surface area contributed by atoms with Crippen LogP contribution >= 0.6 is 0 Å². The molecule has 1 aliphatic rings. The highest BCUT2D eigenvalue weighted by atomic mass is 14.3. The van der Waals surface area contributed by atoms with Crippen LogP contribution in [0.25, 0.3) is 0 Å². The van der Waals surface area contributed by atoms with Crippen molar-refractivity contribution in [3.8, 4) is 0 Å². The van der Waals surface area contributed by atoms with Crippen molar-refractivity contribution < 1.29 is 0 Å². The van der Waals surface area contributed by atoms with Gasteiger partial charge in [0.2, 0.25) is 0 Å². The maximum atomic E-state index is 3.90. The van der Waals surface area contributed by atoms with Crippen LogP contribution in [0.2, 0.25) is 0 Å². The van der Waals surface area contributed by atoms with E-state index in [1.165, 1.54) is 32.1 Å². The van der Waals surface area contributed by atoms with E-state index in [1.807, 2.05) is 0 Å². The van der Waals surface area contributed by atoms with Crippen LogP contribution in [0.3, 0.4) is 0 Å². The van der Waals surface area contributed by atoms with Crippen LogP contribution in [-0.2, 0) is 0 Å². The lowest BCUT2D eigenvalue weighted by atomic mass is 10.2. The predicted molar refractivity (Wildman–Crippen MR) is 56.7 cm³/mol. The zero-order valence-electron chi connectivity index (χ0n) is 8.81. The van der Waals surface area contributed by atoms with Crippen LogP contribution in [0, 0.1) is 25.7 Å². The van der Waals surface area contributed by atoms with E-state index in [4.69, 9.17) is 0 Å². The Hall–Kier alpha value is 0. The average Bonchev–Trinajstić information content (AvgIpc) is 2.79. The molecule has 0 heterocycles. The zero-order chi connectivity index (χ0) is 9.40. The van der Waals surface area contributed by atoms with Crippen LogP contribution in [0.1, 0.15) is 52.4 Å². The molecule has 1 rings (SSSR count). The third-order valence-corrected chi connectivity index (χ3v) is 2.45. The minimum Gasteiger partial charge on any atom is -0.0654 e. The first kappa shape index (κ1) is 12.0. The van der Waals surface area contributed by atoms with Crippen LogP contribution in [-0.4, -0.2) is 0 Å². The van der Waals surface area contributed by atoms with Gasteiger partial charge < -0.3 is 0 Å². The Morgan fingerprint density at radius 3 is 1.92 bits per heavy atom. The van der Waals surface area contributed by atoms with Crippen molar-refractivity contribution in [2.24, 2.45) is 11.8 Å². The van der Waals surface area contributed by atoms with Gasteiger partial charge in [0.25, 0.3) is 0 Å². The Morgan fingerprint density at radius 1 is 1.25 bits per heavy atom. The minimum absolute atomic E-state index is 0.815. The Labute approximate surface area is 78.8 Å². The molecule has 0 aromatic carbocycles. The molecule has 1 saturated carbocycles. The molecule has 0 aliphatic heterocycles. The van der Waals surface area contributed by atoms with Crippen molar-refractivity contribution in [3.63, 3.8) is 0 Å². The SMILES string of the molecule is [CH2]C1CC1CC.[CH2]CCCCC. The summed E-state index contributed by atoms with van der Waals surface area (Å²) in [6.07, 6.45) is 7.80. The standard InChI is InChI=1S/C6H11.C6H13/c1-3-6-4-5(6)2;1-3-5-6-4-2/h5-6H,2-4H2,1H3;1,3-6H2,2H3. The van der Waals surface area contributed by atoms with Crippen molar-refractivity contribution in [2.45, 2.75) is 52.4 Å². The fourth-order valence-electron chi connectivity index (χ4n) is 1.24. The lowest BCUT2D eigenvalue weighted by Crippen LogP contribution is -1.68. The number of rotatable bonds is 4. The van der Waals surface area contributed by atoms with E-state index in [2.05, 4.69) is 27.7 Å². The topological polar surface area (TPSA) is 0 Å². The molecule has 0 saturated heterocycles. The van der Waals surface area contributed by atoms with E-state index >= 15 is 0 Å². The van der Waals surface area contributed by atoms with Crippen molar-refractivity contribution >= 4 is 0 Å². The quantitative estimate of drug-likeness (QED) is 0.550. The second-order valence-corrected chi connectivity index (χ2v) is 3.72. The lowest BCUT2D eigenvalue weighted by molar-refractivity contribution is 0.728. The molecule has 0 heteroatoms. The second kappa shape index (κ2) is 7.64. The summed E-state index contributed by atoms with van der Waals surface area (Å²) in [6, 6.07) is 0.